The molecule has 0 saturated carbocycles. The second kappa shape index (κ2) is 6.05. The average Bonchev–Trinajstić information content (AvgIpc) is 2.83. The summed E-state index contributed by atoms with van der Waals surface area (Å²) in [7, 11) is 0. The molecule has 1 heterocycles. The van der Waals surface area contributed by atoms with Gasteiger partial charge < -0.3 is 4.74 Å². The summed E-state index contributed by atoms with van der Waals surface area (Å²) < 4.78 is 42.9. The molecule has 2 rings (SSSR count). The molecule has 0 aliphatic carbocycles. The molecule has 0 atom stereocenters. The van der Waals surface area contributed by atoms with E-state index in [1.165, 1.54) is 0 Å². The Morgan fingerprint density at radius 3 is 2.71 bits per heavy atom. The van der Waals surface area contributed by atoms with Crippen molar-refractivity contribution < 1.29 is 22.7 Å². The van der Waals surface area contributed by atoms with Crippen molar-refractivity contribution in [2.45, 2.75) is 32.5 Å². The van der Waals surface area contributed by atoms with E-state index in [9.17, 15) is 18.0 Å². The van der Waals surface area contributed by atoms with Crippen LogP contribution in [0.25, 0.3) is 0 Å². The molecule has 1 aliphatic heterocycles. The van der Waals surface area contributed by atoms with Crippen LogP contribution in [0.15, 0.2) is 18.2 Å². The molecule has 0 amide bonds. The van der Waals surface area contributed by atoms with Crippen molar-refractivity contribution >= 4 is 5.78 Å². The van der Waals surface area contributed by atoms with Gasteiger partial charge in [-0.1, -0.05) is 0 Å². The van der Waals surface area contributed by atoms with E-state index in [4.69, 9.17) is 4.74 Å². The zero-order chi connectivity index (χ0) is 15.6. The highest BCUT2D eigenvalue weighted by Crippen LogP contribution is 2.26. The number of carbonyl (C=O) groups excluding carboxylic acids is 1. The number of alkyl halides is 3. The van der Waals surface area contributed by atoms with Crippen molar-refractivity contribution in [2.24, 2.45) is 0 Å². The zero-order valence-electron chi connectivity index (χ0n) is 12.0. The fraction of sp³-hybridized carbons (Fsp3) is 0.533. The van der Waals surface area contributed by atoms with E-state index in [2.05, 4.69) is 0 Å². The summed E-state index contributed by atoms with van der Waals surface area (Å²) in [6.07, 6.45) is -3.58. The maximum atomic E-state index is 12.5. The molecule has 0 aromatic heterocycles. The van der Waals surface area contributed by atoms with Gasteiger partial charge in [0.2, 0.25) is 0 Å². The second-order valence-corrected chi connectivity index (χ2v) is 5.46. The van der Waals surface area contributed by atoms with Crippen LogP contribution in [-0.4, -0.2) is 42.6 Å². The lowest BCUT2D eigenvalue weighted by Gasteiger charge is -2.26. The molecular formula is C15H18F3NO2. The molecule has 0 N–H and O–H groups in total. The van der Waals surface area contributed by atoms with Gasteiger partial charge in [0.1, 0.15) is 5.75 Å². The molecule has 116 valence electrons. The van der Waals surface area contributed by atoms with Gasteiger partial charge in [-0.05, 0) is 37.6 Å². The maximum Gasteiger partial charge on any atom is 0.401 e. The number of Topliss-reactive ketones (excluding diaryl/α,β-unsaturated/α-hetero) is 1. The average molecular weight is 301 g/mol. The number of benzene rings is 1. The van der Waals surface area contributed by atoms with Crippen molar-refractivity contribution in [3.05, 3.63) is 29.3 Å². The van der Waals surface area contributed by atoms with Crippen LogP contribution < -0.4 is 4.74 Å². The highest BCUT2D eigenvalue weighted by molar-refractivity contribution is 5.98. The lowest BCUT2D eigenvalue weighted by Crippen LogP contribution is -2.42. The number of ether oxygens (including phenoxy) is 1. The van der Waals surface area contributed by atoms with Gasteiger partial charge in [0.05, 0.1) is 19.7 Å². The summed E-state index contributed by atoms with van der Waals surface area (Å²) in [6, 6.07) is 4.68. The molecule has 0 saturated heterocycles. The Labute approximate surface area is 121 Å². The third-order valence-electron chi connectivity index (χ3n) is 3.47. The van der Waals surface area contributed by atoms with Crippen LogP contribution in [0.5, 0.6) is 5.75 Å². The van der Waals surface area contributed by atoms with E-state index in [0.717, 1.165) is 22.6 Å². The highest BCUT2D eigenvalue weighted by atomic mass is 19.4. The minimum Gasteiger partial charge on any atom is -0.493 e. The zero-order valence-corrected chi connectivity index (χ0v) is 12.0. The van der Waals surface area contributed by atoms with E-state index in [1.54, 1.807) is 32.0 Å². The monoisotopic (exact) mass is 301 g/mol. The smallest absolute Gasteiger partial charge is 0.401 e. The number of ketones is 1. The molecule has 1 aromatic rings. The number of fused-ring (bicyclic) bond motifs is 1. The van der Waals surface area contributed by atoms with Gasteiger partial charge in [-0.2, -0.15) is 13.2 Å². The third kappa shape index (κ3) is 4.20. The summed E-state index contributed by atoms with van der Waals surface area (Å²) >= 11 is 0. The predicted molar refractivity (Wildman–Crippen MR) is 72.7 cm³/mol. The Morgan fingerprint density at radius 2 is 2.10 bits per heavy atom. The first-order chi connectivity index (χ1) is 9.76. The molecule has 1 aromatic carbocycles. The van der Waals surface area contributed by atoms with Gasteiger partial charge in [-0.25, -0.2) is 0 Å². The van der Waals surface area contributed by atoms with Crippen molar-refractivity contribution in [2.75, 3.05) is 19.7 Å². The summed E-state index contributed by atoms with van der Waals surface area (Å²) in [4.78, 5) is 13.3. The molecule has 21 heavy (non-hydrogen) atoms. The molecular weight excluding hydrogens is 283 g/mol. The summed E-state index contributed by atoms with van der Waals surface area (Å²) in [5.41, 5.74) is 1.37. The molecule has 3 nitrogen and oxygen atoms in total. The van der Waals surface area contributed by atoms with E-state index in [1.807, 2.05) is 0 Å². The molecule has 0 fully saturated rings. The Morgan fingerprint density at radius 1 is 1.38 bits per heavy atom. The van der Waals surface area contributed by atoms with Crippen LogP contribution in [0.2, 0.25) is 0 Å². The minimum absolute atomic E-state index is 0.239. The maximum absolute atomic E-state index is 12.5. The van der Waals surface area contributed by atoms with Crippen LogP contribution in [-0.2, 0) is 6.42 Å². The van der Waals surface area contributed by atoms with E-state index < -0.39 is 12.7 Å². The van der Waals surface area contributed by atoms with E-state index in [-0.39, 0.29) is 18.4 Å². The first-order valence-corrected chi connectivity index (χ1v) is 6.86. The second-order valence-electron chi connectivity index (χ2n) is 5.46. The quantitative estimate of drug-likeness (QED) is 0.783. The largest absolute Gasteiger partial charge is 0.493 e. The van der Waals surface area contributed by atoms with Gasteiger partial charge >= 0.3 is 6.18 Å². The number of hydrogen-bond acceptors (Lipinski definition) is 3. The van der Waals surface area contributed by atoms with Crippen LogP contribution in [0, 0.1) is 0 Å². The van der Waals surface area contributed by atoms with Crippen LogP contribution >= 0.6 is 0 Å². The molecule has 0 radical (unpaired) electrons. The van der Waals surface area contributed by atoms with Crippen LogP contribution in [0.3, 0.4) is 0 Å². The molecule has 0 bridgehead atoms. The summed E-state index contributed by atoms with van der Waals surface area (Å²) in [5, 5.41) is 0. The van der Waals surface area contributed by atoms with E-state index >= 15 is 0 Å². The highest BCUT2D eigenvalue weighted by Gasteiger charge is 2.32. The van der Waals surface area contributed by atoms with Crippen molar-refractivity contribution in [3.8, 4) is 5.75 Å². The normalized spacial score (nSPS) is 14.4. The van der Waals surface area contributed by atoms with Gasteiger partial charge in [-0.3, -0.25) is 9.69 Å². The summed E-state index contributed by atoms with van der Waals surface area (Å²) in [6.45, 7) is 2.56. The standard InChI is InChI=1S/C15H18F3NO2/c1-10(2)19(9-15(16,17)18)8-13(20)11-3-4-14-12(7-11)5-6-21-14/h3-4,7,10H,5-6,8-9H2,1-2H3. The Balaban J connectivity index is 2.08. The number of hydrogen-bond donors (Lipinski definition) is 0. The fourth-order valence-electron chi connectivity index (χ4n) is 2.29. The minimum atomic E-state index is -4.31. The SMILES string of the molecule is CC(C)N(CC(=O)c1ccc2c(c1)CCO2)CC(F)(F)F. The fourth-order valence-corrected chi connectivity index (χ4v) is 2.29. The lowest BCUT2D eigenvalue weighted by atomic mass is 10.0. The van der Waals surface area contributed by atoms with Gasteiger partial charge in [-0.15, -0.1) is 0 Å². The molecule has 0 spiro atoms. The topological polar surface area (TPSA) is 29.5 Å². The van der Waals surface area contributed by atoms with Gasteiger partial charge in [0, 0.05) is 18.0 Å². The van der Waals surface area contributed by atoms with Crippen molar-refractivity contribution in [1.29, 1.82) is 0 Å². The number of nitrogens with zero attached hydrogens (tertiary/aromatic N) is 1. The van der Waals surface area contributed by atoms with Gasteiger partial charge in [0.25, 0.3) is 0 Å². The Hall–Kier alpha value is -1.56. The predicted octanol–water partition coefficient (Wildman–Crippen LogP) is 3.08. The first-order valence-electron chi connectivity index (χ1n) is 6.86. The summed E-state index contributed by atoms with van der Waals surface area (Å²) in [5.74, 6) is 0.449. The number of rotatable bonds is 5. The Kier molecular flexibility index (Phi) is 4.56. The third-order valence-corrected chi connectivity index (χ3v) is 3.47. The van der Waals surface area contributed by atoms with Gasteiger partial charge in [0.15, 0.2) is 5.78 Å². The first kappa shape index (κ1) is 15.8. The van der Waals surface area contributed by atoms with Crippen molar-refractivity contribution in [3.63, 3.8) is 0 Å². The molecule has 6 heteroatoms. The number of carbonyl (C=O) groups is 1. The van der Waals surface area contributed by atoms with Crippen LogP contribution in [0.4, 0.5) is 13.2 Å². The molecule has 1 aliphatic rings. The molecule has 0 unspecified atom stereocenters. The Bertz CT molecular complexity index is 526. The van der Waals surface area contributed by atoms with E-state index in [0.29, 0.717) is 12.2 Å². The lowest BCUT2D eigenvalue weighted by molar-refractivity contribution is -0.148. The van der Waals surface area contributed by atoms with Crippen molar-refractivity contribution in [1.82, 2.24) is 4.90 Å². The van der Waals surface area contributed by atoms with Crippen LogP contribution in [0.1, 0.15) is 29.8 Å². The number of halogens is 3.